The number of para-hydroxylation sites is 2. The Hall–Kier alpha value is -2.47. The number of carbonyl (C=O) groups excluding carboxylic acids is 1. The van der Waals surface area contributed by atoms with E-state index in [1.54, 1.807) is 24.3 Å². The summed E-state index contributed by atoms with van der Waals surface area (Å²) in [5.41, 5.74) is -0.265. The van der Waals surface area contributed by atoms with Crippen molar-refractivity contribution in [1.82, 2.24) is 0 Å². The first kappa shape index (κ1) is 17.4. The minimum Gasteiger partial charge on any atom is -0.489 e. The van der Waals surface area contributed by atoms with Gasteiger partial charge in [-0.25, -0.2) is 8.78 Å². The van der Waals surface area contributed by atoms with E-state index in [9.17, 15) is 13.6 Å². The van der Waals surface area contributed by atoms with Crippen molar-refractivity contribution >= 4 is 11.6 Å². The Balaban J connectivity index is 1.71. The van der Waals surface area contributed by atoms with Crippen LogP contribution in [0.2, 0.25) is 0 Å². The SMILES string of the molecule is O=C(Nc1ccccc1OC[C@H]1CCCCO1)c1c(F)cccc1F. The van der Waals surface area contributed by atoms with Gasteiger partial charge in [0.05, 0.1) is 11.8 Å². The van der Waals surface area contributed by atoms with Gasteiger partial charge in [-0.05, 0) is 43.5 Å². The van der Waals surface area contributed by atoms with Gasteiger partial charge in [-0.3, -0.25) is 4.79 Å². The number of amides is 1. The Morgan fingerprint density at radius 2 is 1.88 bits per heavy atom. The number of ether oxygens (including phenoxy) is 2. The predicted octanol–water partition coefficient (Wildman–Crippen LogP) is 4.17. The highest BCUT2D eigenvalue weighted by Crippen LogP contribution is 2.26. The molecule has 1 aliphatic heterocycles. The van der Waals surface area contributed by atoms with Gasteiger partial charge in [0.2, 0.25) is 0 Å². The summed E-state index contributed by atoms with van der Waals surface area (Å²) in [5.74, 6) is -2.25. The molecule has 1 fully saturated rings. The second kappa shape index (κ2) is 8.07. The van der Waals surface area contributed by atoms with Gasteiger partial charge in [-0.1, -0.05) is 18.2 Å². The largest absolute Gasteiger partial charge is 0.489 e. The summed E-state index contributed by atoms with van der Waals surface area (Å²) < 4.78 is 38.8. The molecule has 0 bridgehead atoms. The standard InChI is InChI=1S/C19H19F2NO3/c20-14-7-5-8-15(21)18(14)19(23)22-16-9-1-2-10-17(16)25-12-13-6-3-4-11-24-13/h1-2,5,7-10,13H,3-4,6,11-12H2,(H,22,23)/t13-/m1/s1. The van der Waals surface area contributed by atoms with Crippen LogP contribution in [0.25, 0.3) is 0 Å². The van der Waals surface area contributed by atoms with E-state index >= 15 is 0 Å². The van der Waals surface area contributed by atoms with Crippen molar-refractivity contribution < 1.29 is 23.0 Å². The molecule has 1 N–H and O–H groups in total. The maximum atomic E-state index is 13.7. The van der Waals surface area contributed by atoms with Gasteiger partial charge in [-0.2, -0.15) is 0 Å². The van der Waals surface area contributed by atoms with Crippen molar-refractivity contribution in [3.05, 3.63) is 59.7 Å². The molecule has 1 heterocycles. The number of hydrogen-bond acceptors (Lipinski definition) is 3. The molecule has 4 nitrogen and oxygen atoms in total. The summed E-state index contributed by atoms with van der Waals surface area (Å²) in [7, 11) is 0. The number of halogens is 2. The maximum Gasteiger partial charge on any atom is 0.261 e. The Bertz CT molecular complexity index is 725. The lowest BCUT2D eigenvalue weighted by molar-refractivity contribution is -0.0109. The van der Waals surface area contributed by atoms with Crippen molar-refractivity contribution in [2.75, 3.05) is 18.5 Å². The molecule has 132 valence electrons. The smallest absolute Gasteiger partial charge is 0.261 e. The normalized spacial score (nSPS) is 17.1. The molecule has 1 aliphatic rings. The molecule has 3 rings (SSSR count). The van der Waals surface area contributed by atoms with Gasteiger partial charge in [0.25, 0.3) is 5.91 Å². The number of nitrogens with one attached hydrogen (secondary N) is 1. The van der Waals surface area contributed by atoms with Crippen molar-refractivity contribution in [2.45, 2.75) is 25.4 Å². The average molecular weight is 347 g/mol. The maximum absolute atomic E-state index is 13.7. The number of rotatable bonds is 5. The van der Waals surface area contributed by atoms with E-state index < -0.39 is 23.1 Å². The zero-order valence-electron chi connectivity index (χ0n) is 13.6. The van der Waals surface area contributed by atoms with Crippen molar-refractivity contribution in [3.8, 4) is 5.75 Å². The van der Waals surface area contributed by atoms with Gasteiger partial charge in [0, 0.05) is 6.61 Å². The van der Waals surface area contributed by atoms with Crippen molar-refractivity contribution in [1.29, 1.82) is 0 Å². The molecule has 1 saturated heterocycles. The minimum atomic E-state index is -0.911. The number of benzene rings is 2. The fourth-order valence-corrected chi connectivity index (χ4v) is 2.72. The van der Waals surface area contributed by atoms with Crippen LogP contribution in [0.3, 0.4) is 0 Å². The summed E-state index contributed by atoms with van der Waals surface area (Å²) in [4.78, 5) is 12.2. The summed E-state index contributed by atoms with van der Waals surface area (Å²) in [6.45, 7) is 1.08. The van der Waals surface area contributed by atoms with E-state index in [1.807, 2.05) is 0 Å². The van der Waals surface area contributed by atoms with E-state index in [1.165, 1.54) is 6.07 Å². The van der Waals surface area contributed by atoms with Crippen LogP contribution in [0, 0.1) is 11.6 Å². The third kappa shape index (κ3) is 4.33. The quantitative estimate of drug-likeness (QED) is 0.883. The molecule has 2 aromatic carbocycles. The highest BCUT2D eigenvalue weighted by atomic mass is 19.1. The zero-order chi connectivity index (χ0) is 17.6. The van der Waals surface area contributed by atoms with E-state index in [4.69, 9.17) is 9.47 Å². The fraction of sp³-hybridized carbons (Fsp3) is 0.316. The Kier molecular flexibility index (Phi) is 5.60. The third-order valence-corrected chi connectivity index (χ3v) is 4.02. The molecule has 0 saturated carbocycles. The molecule has 0 unspecified atom stereocenters. The topological polar surface area (TPSA) is 47.6 Å². The monoisotopic (exact) mass is 347 g/mol. The first-order chi connectivity index (χ1) is 12.1. The van der Waals surface area contributed by atoms with E-state index in [-0.39, 0.29) is 6.10 Å². The second-order valence-electron chi connectivity index (χ2n) is 5.85. The Morgan fingerprint density at radius 1 is 1.12 bits per heavy atom. The lowest BCUT2D eigenvalue weighted by Crippen LogP contribution is -2.26. The summed E-state index contributed by atoms with van der Waals surface area (Å²) in [6.07, 6.45) is 3.09. The van der Waals surface area contributed by atoms with E-state index in [2.05, 4.69) is 5.32 Å². The average Bonchev–Trinajstić information content (AvgIpc) is 2.62. The Morgan fingerprint density at radius 3 is 2.60 bits per heavy atom. The van der Waals surface area contributed by atoms with Gasteiger partial charge in [0.1, 0.15) is 29.6 Å². The van der Waals surface area contributed by atoms with E-state index in [0.717, 1.165) is 38.0 Å². The van der Waals surface area contributed by atoms with Gasteiger partial charge >= 0.3 is 0 Å². The molecule has 6 heteroatoms. The molecular weight excluding hydrogens is 328 g/mol. The highest BCUT2D eigenvalue weighted by molar-refractivity contribution is 6.05. The first-order valence-electron chi connectivity index (χ1n) is 8.24. The van der Waals surface area contributed by atoms with Gasteiger partial charge < -0.3 is 14.8 Å². The first-order valence-corrected chi connectivity index (χ1v) is 8.24. The highest BCUT2D eigenvalue weighted by Gasteiger charge is 2.19. The molecule has 0 aromatic heterocycles. The lowest BCUT2D eigenvalue weighted by atomic mass is 10.1. The van der Waals surface area contributed by atoms with Crippen LogP contribution in [0.1, 0.15) is 29.6 Å². The van der Waals surface area contributed by atoms with Crippen LogP contribution in [-0.2, 0) is 4.74 Å². The number of carbonyl (C=O) groups is 1. The summed E-state index contributed by atoms with van der Waals surface area (Å²) in [6, 6.07) is 10.1. The van der Waals surface area contributed by atoms with E-state index in [0.29, 0.717) is 18.0 Å². The van der Waals surface area contributed by atoms with Gasteiger partial charge in [0.15, 0.2) is 0 Å². The van der Waals surface area contributed by atoms with Crippen LogP contribution < -0.4 is 10.1 Å². The van der Waals surface area contributed by atoms with Crippen LogP contribution in [0.4, 0.5) is 14.5 Å². The third-order valence-electron chi connectivity index (χ3n) is 4.02. The molecule has 25 heavy (non-hydrogen) atoms. The van der Waals surface area contributed by atoms with Gasteiger partial charge in [-0.15, -0.1) is 0 Å². The van der Waals surface area contributed by atoms with Crippen LogP contribution >= 0.6 is 0 Å². The molecule has 1 atom stereocenters. The Labute approximate surface area is 144 Å². The summed E-state index contributed by atoms with van der Waals surface area (Å²) >= 11 is 0. The fourth-order valence-electron chi connectivity index (χ4n) is 2.72. The van der Waals surface area contributed by atoms with Crippen molar-refractivity contribution in [2.24, 2.45) is 0 Å². The molecule has 2 aromatic rings. The molecule has 0 aliphatic carbocycles. The molecular formula is C19H19F2NO3. The molecule has 1 amide bonds. The van der Waals surface area contributed by atoms with Crippen molar-refractivity contribution in [3.63, 3.8) is 0 Å². The van der Waals surface area contributed by atoms with Crippen LogP contribution in [-0.4, -0.2) is 25.2 Å². The minimum absolute atomic E-state index is 0.0153. The summed E-state index contributed by atoms with van der Waals surface area (Å²) in [5, 5.41) is 2.51. The predicted molar refractivity (Wildman–Crippen MR) is 89.8 cm³/mol. The lowest BCUT2D eigenvalue weighted by Gasteiger charge is -2.23. The number of hydrogen-bond donors (Lipinski definition) is 1. The van der Waals surface area contributed by atoms with Crippen LogP contribution in [0.5, 0.6) is 5.75 Å². The van der Waals surface area contributed by atoms with Crippen LogP contribution in [0.15, 0.2) is 42.5 Å². The number of anilines is 1. The molecule has 0 spiro atoms. The zero-order valence-corrected chi connectivity index (χ0v) is 13.6. The molecule has 0 radical (unpaired) electrons. The second-order valence-corrected chi connectivity index (χ2v) is 5.85.